The fraction of sp³-hybridized carbons (Fsp3) is 0.211. The van der Waals surface area contributed by atoms with Crippen LogP contribution in [0.15, 0.2) is 64.8 Å². The number of rotatable bonds is 6. The Labute approximate surface area is 175 Å². The maximum Gasteiger partial charge on any atom is 0.394 e. The first-order valence-corrected chi connectivity index (χ1v) is 9.96. The molecule has 2 aromatic rings. The average Bonchev–Trinajstić information content (AvgIpc) is 3.23. The third-order valence-corrected chi connectivity index (χ3v) is 6.03. The Balaban J connectivity index is 1.46. The highest BCUT2D eigenvalue weighted by molar-refractivity contribution is 8.00. The molecule has 0 radical (unpaired) electrons. The monoisotopic (exact) mass is 428 g/mol. The van der Waals surface area contributed by atoms with Crippen molar-refractivity contribution in [2.75, 3.05) is 5.75 Å². The molecule has 1 saturated heterocycles. The number of carboxylic acid groups (broad SMARTS) is 1. The zero-order chi connectivity index (χ0) is 21.4. The van der Waals surface area contributed by atoms with Gasteiger partial charge in [0.1, 0.15) is 17.2 Å². The number of β-lactam (4-membered cyclic amide) rings is 1. The van der Waals surface area contributed by atoms with Gasteiger partial charge in [-0.05, 0) is 11.6 Å². The molecule has 10 nitrogen and oxygen atoms in total. The highest BCUT2D eigenvalue weighted by Gasteiger charge is 2.50. The zero-order valence-corrected chi connectivity index (χ0v) is 16.5. The lowest BCUT2D eigenvalue weighted by molar-refractivity contribution is -0.686. The fourth-order valence-electron chi connectivity index (χ4n) is 3.22. The first-order valence-electron chi connectivity index (χ1n) is 8.91. The first kappa shape index (κ1) is 19.9. The number of hydrogen-bond acceptors (Lipinski definition) is 8. The van der Waals surface area contributed by atoms with Crippen LogP contribution < -0.4 is 10.3 Å². The third kappa shape index (κ3) is 3.48. The Morgan fingerprint density at radius 2 is 2.17 bits per heavy atom. The number of nitrogens with two attached hydrogens (primary N) is 1. The lowest BCUT2D eigenvalue weighted by Crippen LogP contribution is -2.67. The molecule has 0 aliphatic carbocycles. The van der Waals surface area contributed by atoms with E-state index in [0.717, 1.165) is 5.57 Å². The van der Waals surface area contributed by atoms with E-state index in [0.29, 0.717) is 23.6 Å². The van der Waals surface area contributed by atoms with Crippen molar-refractivity contribution >= 4 is 23.6 Å². The fourth-order valence-corrected chi connectivity index (χ4v) is 4.49. The number of hydrogen-bond donors (Lipinski definition) is 3. The van der Waals surface area contributed by atoms with Gasteiger partial charge in [0.15, 0.2) is 18.9 Å². The van der Waals surface area contributed by atoms with Crippen LogP contribution in [0.2, 0.25) is 0 Å². The van der Waals surface area contributed by atoms with E-state index in [-0.39, 0.29) is 22.9 Å². The highest BCUT2D eigenvalue weighted by Crippen LogP contribution is 2.41. The summed E-state index contributed by atoms with van der Waals surface area (Å²) in [4.78, 5) is 28.2. The number of pyridine rings is 1. The molecule has 0 aromatic carbocycles. The van der Waals surface area contributed by atoms with E-state index in [1.807, 2.05) is 16.7 Å². The van der Waals surface area contributed by atoms with E-state index in [4.69, 9.17) is 10.8 Å². The number of carboxylic acids is 1. The van der Waals surface area contributed by atoms with Gasteiger partial charge in [0.2, 0.25) is 11.7 Å². The number of thioether (sulfide) groups is 1. The van der Waals surface area contributed by atoms with Gasteiger partial charge in [0.05, 0.1) is 5.70 Å². The van der Waals surface area contributed by atoms with Crippen LogP contribution in [-0.2, 0) is 11.3 Å². The van der Waals surface area contributed by atoms with Gasteiger partial charge >= 0.3 is 11.9 Å². The van der Waals surface area contributed by atoms with Crippen molar-refractivity contribution in [3.63, 3.8) is 0 Å². The Bertz CT molecular complexity index is 1090. The van der Waals surface area contributed by atoms with Crippen LogP contribution in [0.5, 0.6) is 0 Å². The number of aromatic carboxylic acids is 1. The Kier molecular flexibility index (Phi) is 5.14. The summed E-state index contributed by atoms with van der Waals surface area (Å²) in [6, 6.07) is 2.94. The number of aromatic nitrogens is 3. The SMILES string of the molecule is C=C(O)C1=C(/C=C/C[n+]2ccc(-c3noc(C(=O)O)n3)cc2)CSC2C(N)C(=O)N12. The summed E-state index contributed by atoms with van der Waals surface area (Å²) in [6.07, 6.45) is 7.34. The van der Waals surface area contributed by atoms with Gasteiger partial charge in [0, 0.05) is 23.4 Å². The maximum atomic E-state index is 12.1. The van der Waals surface area contributed by atoms with E-state index < -0.39 is 17.9 Å². The second kappa shape index (κ2) is 7.76. The number of fused-ring (bicyclic) bond motifs is 1. The van der Waals surface area contributed by atoms with E-state index in [9.17, 15) is 14.7 Å². The summed E-state index contributed by atoms with van der Waals surface area (Å²) < 4.78 is 6.54. The molecule has 2 unspecified atom stereocenters. The summed E-state index contributed by atoms with van der Waals surface area (Å²) in [5, 5.41) is 22.3. The second-order valence-corrected chi connectivity index (χ2v) is 7.78. The zero-order valence-electron chi connectivity index (χ0n) is 15.6. The van der Waals surface area contributed by atoms with Gasteiger partial charge in [0.25, 0.3) is 0 Å². The van der Waals surface area contributed by atoms with Crippen molar-refractivity contribution in [2.45, 2.75) is 18.0 Å². The molecule has 0 saturated carbocycles. The average molecular weight is 428 g/mol. The van der Waals surface area contributed by atoms with Gasteiger partial charge in [-0.3, -0.25) is 9.69 Å². The quantitative estimate of drug-likeness (QED) is 0.346. The number of carbonyl (C=O) groups is 2. The van der Waals surface area contributed by atoms with Crippen LogP contribution >= 0.6 is 11.8 Å². The molecule has 30 heavy (non-hydrogen) atoms. The van der Waals surface area contributed by atoms with Gasteiger partial charge in [-0.1, -0.05) is 17.8 Å². The molecule has 2 aromatic heterocycles. The predicted octanol–water partition coefficient (Wildman–Crippen LogP) is 0.847. The minimum Gasteiger partial charge on any atom is -0.506 e. The van der Waals surface area contributed by atoms with E-state index >= 15 is 0 Å². The molecule has 1 amide bonds. The van der Waals surface area contributed by atoms with E-state index in [1.54, 1.807) is 36.3 Å². The Morgan fingerprint density at radius 1 is 1.43 bits per heavy atom. The van der Waals surface area contributed by atoms with Crippen LogP contribution in [0.4, 0.5) is 0 Å². The van der Waals surface area contributed by atoms with Crippen LogP contribution in [-0.4, -0.2) is 54.3 Å². The molecule has 4 N–H and O–H groups in total. The number of nitrogens with zero attached hydrogens (tertiary/aromatic N) is 4. The lowest BCUT2D eigenvalue weighted by atomic mass is 10.0. The molecule has 2 aliphatic heterocycles. The molecular weight excluding hydrogens is 410 g/mol. The third-order valence-electron chi connectivity index (χ3n) is 4.71. The summed E-state index contributed by atoms with van der Waals surface area (Å²) in [6.45, 7) is 4.11. The van der Waals surface area contributed by atoms with Crippen molar-refractivity contribution in [3.8, 4) is 11.4 Å². The molecule has 4 rings (SSSR count). The first-order chi connectivity index (χ1) is 14.4. The molecule has 11 heteroatoms. The minimum atomic E-state index is -1.28. The molecule has 154 valence electrons. The molecule has 0 spiro atoms. The number of aliphatic hydroxyl groups excluding tert-OH is 1. The standard InChI is InChI=1S/C19H17N5O5S/c1-10(25)14-12(9-30-18-13(20)17(26)24(14)18)3-2-6-23-7-4-11(5-8-23)15-21-16(19(27)28)29-22-15/h2-5,7-8,13,18H,1,6,9,20H2,(H-,25,27,28)/p+1/b3-2+. The minimum absolute atomic E-state index is 0.155. The van der Waals surface area contributed by atoms with Crippen molar-refractivity contribution < 1.29 is 28.9 Å². The highest BCUT2D eigenvalue weighted by atomic mass is 32.2. The number of carbonyl (C=O) groups excluding carboxylic acids is 1. The smallest absolute Gasteiger partial charge is 0.394 e. The molecule has 2 atom stereocenters. The number of allylic oxidation sites excluding steroid dienone is 2. The van der Waals surface area contributed by atoms with Crippen LogP contribution in [0.3, 0.4) is 0 Å². The summed E-state index contributed by atoms with van der Waals surface area (Å²) in [7, 11) is 0. The van der Waals surface area contributed by atoms with Crippen LogP contribution in [0.1, 0.15) is 10.7 Å². The molecule has 4 heterocycles. The van der Waals surface area contributed by atoms with Crippen LogP contribution in [0.25, 0.3) is 11.4 Å². The van der Waals surface area contributed by atoms with Crippen LogP contribution in [0, 0.1) is 0 Å². The summed E-state index contributed by atoms with van der Waals surface area (Å²) >= 11 is 1.55. The molecular formula is C19H18N5O5S+. The summed E-state index contributed by atoms with van der Waals surface area (Å²) in [5.74, 6) is -1.32. The van der Waals surface area contributed by atoms with Crippen molar-refractivity contribution in [3.05, 3.63) is 66.2 Å². The number of aliphatic hydroxyl groups is 1. The van der Waals surface area contributed by atoms with Crippen molar-refractivity contribution in [1.29, 1.82) is 0 Å². The maximum absolute atomic E-state index is 12.1. The number of amides is 1. The largest absolute Gasteiger partial charge is 0.506 e. The molecule has 2 aliphatic rings. The molecule has 1 fully saturated rings. The Morgan fingerprint density at radius 3 is 2.80 bits per heavy atom. The van der Waals surface area contributed by atoms with E-state index in [2.05, 4.69) is 21.2 Å². The van der Waals surface area contributed by atoms with E-state index in [1.165, 1.54) is 4.90 Å². The van der Waals surface area contributed by atoms with Gasteiger partial charge in [-0.15, -0.1) is 11.8 Å². The summed E-state index contributed by atoms with van der Waals surface area (Å²) in [5.41, 5.74) is 7.67. The normalized spacial score (nSPS) is 21.0. The molecule has 0 bridgehead atoms. The van der Waals surface area contributed by atoms with Crippen molar-refractivity contribution in [1.82, 2.24) is 15.0 Å². The lowest BCUT2D eigenvalue weighted by Gasteiger charge is -2.48. The van der Waals surface area contributed by atoms with Gasteiger partial charge in [-0.2, -0.15) is 4.98 Å². The topological polar surface area (TPSA) is 147 Å². The van der Waals surface area contributed by atoms with Gasteiger partial charge in [-0.25, -0.2) is 9.36 Å². The van der Waals surface area contributed by atoms with Gasteiger partial charge < -0.3 is 20.5 Å². The predicted molar refractivity (Wildman–Crippen MR) is 106 cm³/mol. The second-order valence-electron chi connectivity index (χ2n) is 6.67. The Hall–Kier alpha value is -3.44. The van der Waals surface area contributed by atoms with Crippen molar-refractivity contribution in [2.24, 2.45) is 5.73 Å².